The van der Waals surface area contributed by atoms with Crippen LogP contribution in [0.4, 0.5) is 0 Å². The molecule has 0 aliphatic heterocycles. The molecular formula is C23H30N2O5S. The van der Waals surface area contributed by atoms with Gasteiger partial charge in [-0.25, -0.2) is 14.6 Å². The Hall–Kier alpha value is -2.61. The van der Waals surface area contributed by atoms with Crippen molar-refractivity contribution in [3.8, 4) is 5.75 Å². The van der Waals surface area contributed by atoms with Crippen LogP contribution in [0.5, 0.6) is 5.75 Å². The normalized spacial score (nSPS) is 11.3. The molecule has 0 amide bonds. The maximum atomic E-state index is 13.1. The Morgan fingerprint density at radius 3 is 2.42 bits per heavy atom. The Labute approximate surface area is 187 Å². The molecule has 0 spiro atoms. The predicted octanol–water partition coefficient (Wildman–Crippen LogP) is 3.99. The quantitative estimate of drug-likeness (QED) is 0.403. The van der Waals surface area contributed by atoms with Gasteiger partial charge in [-0.05, 0) is 43.9 Å². The largest absolute Gasteiger partial charge is 0.461 e. The number of carbonyl (C=O) groups is 2. The number of benzene rings is 1. The second kappa shape index (κ2) is 11.1. The summed E-state index contributed by atoms with van der Waals surface area (Å²) in [6.07, 6.45) is 4.87. The molecule has 0 fully saturated rings. The van der Waals surface area contributed by atoms with Gasteiger partial charge in [0.25, 0.3) is 5.56 Å². The highest BCUT2D eigenvalue weighted by Gasteiger charge is 2.31. The zero-order chi connectivity index (χ0) is 23.0. The molecular weight excluding hydrogens is 416 g/mol. The summed E-state index contributed by atoms with van der Waals surface area (Å²) in [4.78, 5) is 42.8. The maximum absolute atomic E-state index is 13.1. The maximum Gasteiger partial charge on any atom is 0.361 e. The van der Waals surface area contributed by atoms with Gasteiger partial charge in [-0.15, -0.1) is 0 Å². The topological polar surface area (TPSA) is 87.5 Å². The van der Waals surface area contributed by atoms with E-state index < -0.39 is 28.7 Å². The van der Waals surface area contributed by atoms with Crippen molar-refractivity contribution in [2.45, 2.75) is 45.4 Å². The Bertz CT molecular complexity index is 970. The molecule has 0 saturated carbocycles. The van der Waals surface area contributed by atoms with Gasteiger partial charge in [0.05, 0.1) is 12.2 Å². The second-order valence-electron chi connectivity index (χ2n) is 7.79. The molecule has 168 valence electrons. The van der Waals surface area contributed by atoms with E-state index in [9.17, 15) is 14.4 Å². The van der Waals surface area contributed by atoms with Crippen molar-refractivity contribution in [2.75, 3.05) is 18.6 Å². The fraction of sp³-hybridized carbons (Fsp3) is 0.478. The van der Waals surface area contributed by atoms with Gasteiger partial charge < -0.3 is 9.47 Å². The fourth-order valence-corrected chi connectivity index (χ4v) is 3.76. The van der Waals surface area contributed by atoms with Gasteiger partial charge in [0.2, 0.25) is 5.75 Å². The highest BCUT2D eigenvalue weighted by atomic mass is 32.2. The lowest BCUT2D eigenvalue weighted by molar-refractivity contribution is 0.0510. The summed E-state index contributed by atoms with van der Waals surface area (Å²) in [6, 6.07) is 8.26. The van der Waals surface area contributed by atoms with Crippen LogP contribution in [-0.2, 0) is 17.2 Å². The Balaban J connectivity index is 2.48. The first-order chi connectivity index (χ1) is 14.7. The van der Waals surface area contributed by atoms with E-state index in [4.69, 9.17) is 9.47 Å². The molecule has 7 nitrogen and oxygen atoms in total. The minimum absolute atomic E-state index is 0.106. The van der Waals surface area contributed by atoms with Crippen LogP contribution in [0.15, 0.2) is 35.1 Å². The summed E-state index contributed by atoms with van der Waals surface area (Å²) >= 11 is 1.79. The molecule has 1 aromatic heterocycles. The molecule has 1 heterocycles. The number of rotatable bonds is 10. The van der Waals surface area contributed by atoms with E-state index in [-0.39, 0.29) is 17.9 Å². The zero-order valence-corrected chi connectivity index (χ0v) is 19.6. The summed E-state index contributed by atoms with van der Waals surface area (Å²) in [5.41, 5.74) is -1.08. The van der Waals surface area contributed by atoms with Gasteiger partial charge >= 0.3 is 11.9 Å². The Morgan fingerprint density at radius 1 is 1.13 bits per heavy atom. The summed E-state index contributed by atoms with van der Waals surface area (Å²) in [5, 5.41) is 0. The Kier molecular flexibility index (Phi) is 8.86. The molecule has 1 aromatic carbocycles. The first-order valence-corrected chi connectivity index (χ1v) is 11.7. The van der Waals surface area contributed by atoms with E-state index in [2.05, 4.69) is 11.2 Å². The van der Waals surface area contributed by atoms with Crippen LogP contribution in [0.3, 0.4) is 0 Å². The number of aromatic nitrogens is 2. The third-order valence-electron chi connectivity index (χ3n) is 4.93. The standard InChI is InChI=1S/C23H30N2O5S/c1-6-29-21(28)17-18(30-20(27)16-12-8-7-9-13-16)19(26)25(4)22(24-17)23(2,3)14-10-11-15-31-5/h7-9,12-13H,6,10-11,14-15H2,1-5H3. The van der Waals surface area contributed by atoms with Gasteiger partial charge in [0.1, 0.15) is 5.82 Å². The number of hydrogen-bond donors (Lipinski definition) is 0. The molecule has 31 heavy (non-hydrogen) atoms. The van der Waals surface area contributed by atoms with Crippen LogP contribution in [0.25, 0.3) is 0 Å². The van der Waals surface area contributed by atoms with Gasteiger partial charge in [-0.1, -0.05) is 38.5 Å². The van der Waals surface area contributed by atoms with Crippen LogP contribution in [-0.4, -0.2) is 40.1 Å². The SMILES string of the molecule is CCOC(=O)c1nc(C(C)(C)CCCCSC)n(C)c(=O)c1OC(=O)c1ccccc1. The van der Waals surface area contributed by atoms with Crippen LogP contribution in [0, 0.1) is 0 Å². The smallest absolute Gasteiger partial charge is 0.361 e. The van der Waals surface area contributed by atoms with Crippen molar-refractivity contribution in [3.63, 3.8) is 0 Å². The summed E-state index contributed by atoms with van der Waals surface area (Å²) in [7, 11) is 1.57. The highest BCUT2D eigenvalue weighted by Crippen LogP contribution is 2.29. The lowest BCUT2D eigenvalue weighted by Gasteiger charge is -2.27. The van der Waals surface area contributed by atoms with Crippen molar-refractivity contribution < 1.29 is 19.1 Å². The number of thioether (sulfide) groups is 1. The molecule has 0 atom stereocenters. The first-order valence-electron chi connectivity index (χ1n) is 10.3. The van der Waals surface area contributed by atoms with Gasteiger partial charge in [0.15, 0.2) is 5.69 Å². The number of carbonyl (C=O) groups excluding carboxylic acids is 2. The van der Waals surface area contributed by atoms with Crippen LogP contribution >= 0.6 is 11.8 Å². The number of ether oxygens (including phenoxy) is 2. The Morgan fingerprint density at radius 2 is 1.81 bits per heavy atom. The van der Waals surface area contributed by atoms with E-state index in [1.165, 1.54) is 4.57 Å². The highest BCUT2D eigenvalue weighted by molar-refractivity contribution is 7.98. The van der Waals surface area contributed by atoms with E-state index >= 15 is 0 Å². The monoisotopic (exact) mass is 446 g/mol. The molecule has 0 bridgehead atoms. The van der Waals surface area contributed by atoms with Crippen LogP contribution in [0.1, 0.15) is 66.7 Å². The lowest BCUT2D eigenvalue weighted by Crippen LogP contribution is -2.35. The number of nitrogens with zero attached hydrogens (tertiary/aromatic N) is 2. The summed E-state index contributed by atoms with van der Waals surface area (Å²) in [6.45, 7) is 5.73. The van der Waals surface area contributed by atoms with E-state index in [0.29, 0.717) is 5.82 Å². The minimum Gasteiger partial charge on any atom is -0.461 e. The third kappa shape index (κ3) is 6.19. The predicted molar refractivity (Wildman–Crippen MR) is 122 cm³/mol. The lowest BCUT2D eigenvalue weighted by atomic mass is 9.86. The summed E-state index contributed by atoms with van der Waals surface area (Å²) < 4.78 is 11.8. The van der Waals surface area contributed by atoms with Crippen molar-refractivity contribution in [2.24, 2.45) is 7.05 Å². The first kappa shape index (κ1) is 24.7. The second-order valence-corrected chi connectivity index (χ2v) is 8.77. The third-order valence-corrected chi connectivity index (χ3v) is 5.62. The number of unbranched alkanes of at least 4 members (excludes halogenated alkanes) is 1. The minimum atomic E-state index is -0.796. The zero-order valence-electron chi connectivity index (χ0n) is 18.8. The van der Waals surface area contributed by atoms with Crippen molar-refractivity contribution >= 4 is 23.7 Å². The van der Waals surface area contributed by atoms with E-state index in [1.54, 1.807) is 56.1 Å². The molecule has 2 aromatic rings. The fourth-order valence-electron chi connectivity index (χ4n) is 3.27. The van der Waals surface area contributed by atoms with Gasteiger partial charge in [0, 0.05) is 12.5 Å². The average molecular weight is 447 g/mol. The van der Waals surface area contributed by atoms with Crippen molar-refractivity contribution in [3.05, 3.63) is 57.8 Å². The van der Waals surface area contributed by atoms with Gasteiger partial charge in [-0.3, -0.25) is 9.36 Å². The molecule has 2 rings (SSSR count). The number of esters is 2. The molecule has 0 aliphatic carbocycles. The molecule has 0 N–H and O–H groups in total. The average Bonchev–Trinajstić information content (AvgIpc) is 2.75. The molecule has 8 heteroatoms. The van der Waals surface area contributed by atoms with Crippen LogP contribution < -0.4 is 10.3 Å². The molecule has 0 radical (unpaired) electrons. The van der Waals surface area contributed by atoms with E-state index in [0.717, 1.165) is 25.0 Å². The summed E-state index contributed by atoms with van der Waals surface area (Å²) in [5.74, 6) is -0.448. The molecule has 0 unspecified atom stereocenters. The van der Waals surface area contributed by atoms with Crippen molar-refractivity contribution in [1.29, 1.82) is 0 Å². The van der Waals surface area contributed by atoms with Crippen molar-refractivity contribution in [1.82, 2.24) is 9.55 Å². The van der Waals surface area contributed by atoms with Crippen LogP contribution in [0.2, 0.25) is 0 Å². The molecule has 0 aliphatic rings. The van der Waals surface area contributed by atoms with E-state index in [1.807, 2.05) is 13.8 Å². The molecule has 0 saturated heterocycles. The van der Waals surface area contributed by atoms with Gasteiger partial charge in [-0.2, -0.15) is 11.8 Å². The number of hydrogen-bond acceptors (Lipinski definition) is 7.